The Balaban J connectivity index is 2.32. The average Bonchev–Trinajstić information content (AvgIpc) is 2.40. The quantitative estimate of drug-likeness (QED) is 0.691. The SMILES string of the molecule is CC(=CC#N)c1ccc(-c2ccccc2)cc1. The van der Waals surface area contributed by atoms with E-state index in [0.29, 0.717) is 0 Å². The minimum Gasteiger partial charge on any atom is -0.193 e. The molecule has 0 radical (unpaired) electrons. The predicted molar refractivity (Wildman–Crippen MR) is 71.1 cm³/mol. The van der Waals surface area contributed by atoms with Gasteiger partial charge in [-0.25, -0.2) is 0 Å². The van der Waals surface area contributed by atoms with Gasteiger partial charge < -0.3 is 0 Å². The molecule has 0 saturated carbocycles. The van der Waals surface area contributed by atoms with Gasteiger partial charge in [-0.2, -0.15) is 5.26 Å². The Bertz CT molecular complexity index is 557. The molecule has 17 heavy (non-hydrogen) atoms. The summed E-state index contributed by atoms with van der Waals surface area (Å²) in [6.07, 6.45) is 1.57. The fraction of sp³-hybridized carbons (Fsp3) is 0.0625. The first-order chi connectivity index (χ1) is 8.31. The van der Waals surface area contributed by atoms with Crippen LogP contribution in [-0.4, -0.2) is 0 Å². The molecular weight excluding hydrogens is 206 g/mol. The maximum Gasteiger partial charge on any atom is 0.0915 e. The molecule has 0 amide bonds. The standard InChI is InChI=1S/C16H13N/c1-13(11-12-17)14-7-9-16(10-8-14)15-5-3-2-4-6-15/h2-11H,1H3. The fourth-order valence-electron chi connectivity index (χ4n) is 1.74. The second-order valence-electron chi connectivity index (χ2n) is 3.90. The van der Waals surface area contributed by atoms with Gasteiger partial charge in [-0.3, -0.25) is 0 Å². The van der Waals surface area contributed by atoms with Gasteiger partial charge >= 0.3 is 0 Å². The van der Waals surface area contributed by atoms with Crippen LogP contribution in [0.2, 0.25) is 0 Å². The van der Waals surface area contributed by atoms with Crippen molar-refractivity contribution in [2.45, 2.75) is 6.92 Å². The van der Waals surface area contributed by atoms with Crippen LogP contribution >= 0.6 is 0 Å². The third-order valence-corrected chi connectivity index (χ3v) is 2.73. The summed E-state index contributed by atoms with van der Waals surface area (Å²) in [5, 5.41) is 8.60. The highest BCUT2D eigenvalue weighted by atomic mass is 14.2. The summed E-state index contributed by atoms with van der Waals surface area (Å²) in [6, 6.07) is 20.6. The van der Waals surface area contributed by atoms with Gasteiger partial charge in [0.25, 0.3) is 0 Å². The van der Waals surface area contributed by atoms with Gasteiger partial charge in [0.15, 0.2) is 0 Å². The number of nitrogens with zero attached hydrogens (tertiary/aromatic N) is 1. The van der Waals surface area contributed by atoms with Crippen LogP contribution in [0.5, 0.6) is 0 Å². The predicted octanol–water partition coefficient (Wildman–Crippen LogP) is 4.28. The number of allylic oxidation sites excluding steroid dienone is 2. The lowest BCUT2D eigenvalue weighted by Crippen LogP contribution is -1.81. The lowest BCUT2D eigenvalue weighted by atomic mass is 10.0. The minimum atomic E-state index is 0.993. The highest BCUT2D eigenvalue weighted by Crippen LogP contribution is 2.21. The Hall–Kier alpha value is -2.33. The normalized spacial score (nSPS) is 10.9. The van der Waals surface area contributed by atoms with Crippen LogP contribution < -0.4 is 0 Å². The van der Waals surface area contributed by atoms with E-state index in [4.69, 9.17) is 5.26 Å². The molecule has 0 aliphatic carbocycles. The van der Waals surface area contributed by atoms with Crippen molar-refractivity contribution in [1.82, 2.24) is 0 Å². The minimum absolute atomic E-state index is 0.993. The second kappa shape index (κ2) is 5.14. The van der Waals surface area contributed by atoms with Gasteiger partial charge in [-0.05, 0) is 29.2 Å². The Morgan fingerprint density at radius 2 is 1.53 bits per heavy atom. The van der Waals surface area contributed by atoms with E-state index in [-0.39, 0.29) is 0 Å². The molecular formula is C16H13N. The number of benzene rings is 2. The Kier molecular flexibility index (Phi) is 3.37. The van der Waals surface area contributed by atoms with E-state index >= 15 is 0 Å². The average molecular weight is 219 g/mol. The largest absolute Gasteiger partial charge is 0.193 e. The van der Waals surface area contributed by atoms with Crippen molar-refractivity contribution in [2.75, 3.05) is 0 Å². The molecule has 0 aliphatic rings. The zero-order valence-corrected chi connectivity index (χ0v) is 9.72. The second-order valence-corrected chi connectivity index (χ2v) is 3.90. The van der Waals surface area contributed by atoms with E-state index in [2.05, 4.69) is 30.3 Å². The summed E-state index contributed by atoms with van der Waals surface area (Å²) in [4.78, 5) is 0. The van der Waals surface area contributed by atoms with Crippen LogP contribution in [0.15, 0.2) is 60.7 Å². The van der Waals surface area contributed by atoms with Crippen LogP contribution in [0.3, 0.4) is 0 Å². The van der Waals surface area contributed by atoms with Gasteiger partial charge in [0.1, 0.15) is 0 Å². The number of hydrogen-bond donors (Lipinski definition) is 0. The van der Waals surface area contributed by atoms with E-state index < -0.39 is 0 Å². The van der Waals surface area contributed by atoms with Gasteiger partial charge in [0.05, 0.1) is 6.07 Å². The van der Waals surface area contributed by atoms with Crippen LogP contribution in [0.25, 0.3) is 16.7 Å². The first-order valence-corrected chi connectivity index (χ1v) is 5.53. The van der Waals surface area contributed by atoms with Gasteiger partial charge in [0.2, 0.25) is 0 Å². The smallest absolute Gasteiger partial charge is 0.0915 e. The maximum absolute atomic E-state index is 8.60. The van der Waals surface area contributed by atoms with Crippen molar-refractivity contribution in [1.29, 1.82) is 5.26 Å². The zero-order chi connectivity index (χ0) is 12.1. The highest BCUT2D eigenvalue weighted by molar-refractivity contribution is 5.70. The Morgan fingerprint density at radius 3 is 2.12 bits per heavy atom. The molecule has 2 aromatic carbocycles. The van der Waals surface area contributed by atoms with E-state index in [1.807, 2.05) is 37.3 Å². The van der Waals surface area contributed by atoms with E-state index in [9.17, 15) is 0 Å². The van der Waals surface area contributed by atoms with Crippen LogP contribution in [0.4, 0.5) is 0 Å². The molecule has 0 unspecified atom stereocenters. The summed E-state index contributed by atoms with van der Waals surface area (Å²) < 4.78 is 0. The van der Waals surface area contributed by atoms with Crippen molar-refractivity contribution >= 4 is 5.57 Å². The lowest BCUT2D eigenvalue weighted by Gasteiger charge is -2.04. The fourth-order valence-corrected chi connectivity index (χ4v) is 1.74. The zero-order valence-electron chi connectivity index (χ0n) is 9.72. The summed E-state index contributed by atoms with van der Waals surface area (Å²) in [5.41, 5.74) is 4.48. The van der Waals surface area contributed by atoms with Crippen molar-refractivity contribution in [2.24, 2.45) is 0 Å². The third-order valence-electron chi connectivity index (χ3n) is 2.73. The van der Waals surface area contributed by atoms with E-state index in [1.165, 1.54) is 11.1 Å². The molecule has 1 nitrogen and oxygen atoms in total. The monoisotopic (exact) mass is 219 g/mol. The van der Waals surface area contributed by atoms with Crippen molar-refractivity contribution in [3.05, 3.63) is 66.2 Å². The number of rotatable bonds is 2. The maximum atomic E-state index is 8.60. The van der Waals surface area contributed by atoms with E-state index in [1.54, 1.807) is 6.08 Å². The van der Waals surface area contributed by atoms with Gasteiger partial charge in [-0.15, -0.1) is 0 Å². The third kappa shape index (κ3) is 2.62. The number of nitriles is 1. The molecule has 0 heterocycles. The summed E-state index contributed by atoms with van der Waals surface area (Å²) in [5.74, 6) is 0. The highest BCUT2D eigenvalue weighted by Gasteiger charge is 1.98. The van der Waals surface area contributed by atoms with Crippen molar-refractivity contribution < 1.29 is 0 Å². The topological polar surface area (TPSA) is 23.8 Å². The van der Waals surface area contributed by atoms with Crippen molar-refractivity contribution in [3.8, 4) is 17.2 Å². The van der Waals surface area contributed by atoms with Crippen LogP contribution in [0.1, 0.15) is 12.5 Å². The summed E-state index contributed by atoms with van der Waals surface area (Å²) in [7, 11) is 0. The molecule has 0 spiro atoms. The summed E-state index contributed by atoms with van der Waals surface area (Å²) in [6.45, 7) is 1.95. The molecule has 2 aromatic rings. The first kappa shape index (κ1) is 11.2. The Labute approximate surface area is 102 Å². The Morgan fingerprint density at radius 1 is 0.941 bits per heavy atom. The molecule has 2 rings (SSSR count). The van der Waals surface area contributed by atoms with Gasteiger partial charge in [-0.1, -0.05) is 54.6 Å². The summed E-state index contributed by atoms with van der Waals surface area (Å²) >= 11 is 0. The molecule has 1 heteroatoms. The molecule has 0 bridgehead atoms. The molecule has 0 aromatic heterocycles. The van der Waals surface area contributed by atoms with E-state index in [0.717, 1.165) is 11.1 Å². The number of hydrogen-bond acceptors (Lipinski definition) is 1. The molecule has 82 valence electrons. The van der Waals surface area contributed by atoms with Gasteiger partial charge in [0, 0.05) is 6.08 Å². The molecule has 0 aliphatic heterocycles. The van der Waals surface area contributed by atoms with Crippen LogP contribution in [-0.2, 0) is 0 Å². The molecule has 0 N–H and O–H groups in total. The first-order valence-electron chi connectivity index (χ1n) is 5.53. The molecule has 0 fully saturated rings. The van der Waals surface area contributed by atoms with Crippen molar-refractivity contribution in [3.63, 3.8) is 0 Å². The van der Waals surface area contributed by atoms with Crippen LogP contribution in [0, 0.1) is 11.3 Å². The lowest BCUT2D eigenvalue weighted by molar-refractivity contribution is 1.51. The molecule has 0 atom stereocenters. The molecule has 0 saturated heterocycles.